The molecule has 1 saturated carbocycles. The van der Waals surface area contributed by atoms with E-state index < -0.39 is 0 Å². The third-order valence-corrected chi connectivity index (χ3v) is 8.61. The lowest BCUT2D eigenvalue weighted by Gasteiger charge is -2.26. The molecule has 310 valence electrons. The van der Waals surface area contributed by atoms with Crippen molar-refractivity contribution in [2.45, 2.75) is 119 Å². The molecule has 0 saturated heterocycles. The van der Waals surface area contributed by atoms with Crippen LogP contribution in [0.2, 0.25) is 0 Å². The standard InChI is InChI=1S/2C11H18N2O2.C10H14N2O2.C8H12N2O2/c1-10(7-15-8-12)6-11(2,3)4-5-13-9-14;1-10(4-5-13-9-14)6-11(2,3)7-15-8-12;11-7-14-6-10-3-1-2-9(4-10)5-12-8-13;9-7-12-6-4-2-1-3-5-10-8-11/h2*10H,4-7H2,1-3H3;9-10H,1-6H2;1-6H2. The highest BCUT2D eigenvalue weighted by atomic mass is 16.5. The Bertz CT molecular complexity index is 1370. The predicted octanol–water partition coefficient (Wildman–Crippen LogP) is 7.53. The van der Waals surface area contributed by atoms with Crippen LogP contribution in [0.25, 0.3) is 0 Å². The van der Waals surface area contributed by atoms with E-state index in [0.717, 1.165) is 77.0 Å². The van der Waals surface area contributed by atoms with E-state index in [2.05, 4.69) is 64.1 Å². The van der Waals surface area contributed by atoms with Crippen LogP contribution in [0.1, 0.15) is 119 Å². The fourth-order valence-corrected chi connectivity index (χ4v) is 6.20. The molecule has 0 aromatic heterocycles. The van der Waals surface area contributed by atoms with Crippen LogP contribution in [0.3, 0.4) is 0 Å². The molecular weight excluding hydrogens is 720 g/mol. The molecule has 16 heteroatoms. The average molecular weight is 783 g/mol. The highest BCUT2D eigenvalue weighted by Crippen LogP contribution is 2.30. The summed E-state index contributed by atoms with van der Waals surface area (Å²) in [6.45, 7) is 16.6. The molecule has 0 amide bonds. The van der Waals surface area contributed by atoms with E-state index in [9.17, 15) is 19.2 Å². The van der Waals surface area contributed by atoms with Crippen LogP contribution in [0, 0.1) is 80.6 Å². The fraction of sp³-hybridized carbons (Fsp3) is 0.800. The number of rotatable bonds is 25. The van der Waals surface area contributed by atoms with Gasteiger partial charge in [-0.15, -0.1) is 0 Å². The molecule has 0 spiro atoms. The van der Waals surface area contributed by atoms with E-state index in [4.69, 9.17) is 30.5 Å². The molecule has 4 unspecified atom stereocenters. The van der Waals surface area contributed by atoms with E-state index in [-0.39, 0.29) is 10.8 Å². The highest BCUT2D eigenvalue weighted by molar-refractivity contribution is 5.33. The first-order valence-corrected chi connectivity index (χ1v) is 19.0. The van der Waals surface area contributed by atoms with Crippen LogP contribution in [0.4, 0.5) is 0 Å². The molecule has 4 atom stereocenters. The monoisotopic (exact) mass is 782 g/mol. The minimum absolute atomic E-state index is 0.0138. The first-order chi connectivity index (χ1) is 26.8. The van der Waals surface area contributed by atoms with Crippen molar-refractivity contribution in [3.63, 3.8) is 0 Å². The Morgan fingerprint density at radius 1 is 0.625 bits per heavy atom. The summed E-state index contributed by atoms with van der Waals surface area (Å²) >= 11 is 0. The molecule has 1 aliphatic rings. The first kappa shape index (κ1) is 55.0. The van der Waals surface area contributed by atoms with Crippen LogP contribution in [0.5, 0.6) is 0 Å². The minimum atomic E-state index is -0.0138. The van der Waals surface area contributed by atoms with Gasteiger partial charge in [-0.2, -0.15) is 21.0 Å². The lowest BCUT2D eigenvalue weighted by atomic mass is 9.81. The molecule has 1 rings (SSSR count). The molecule has 0 heterocycles. The number of carbonyl (C=O) groups excluding carboxylic acids is 4. The Kier molecular flexibility index (Phi) is 38.7. The number of nitrogens with zero attached hydrogens (tertiary/aromatic N) is 8. The number of isocyanates is 4. The molecule has 0 radical (unpaired) electrons. The Morgan fingerprint density at radius 2 is 1.18 bits per heavy atom. The van der Waals surface area contributed by atoms with Gasteiger partial charge < -0.3 is 18.9 Å². The third-order valence-electron chi connectivity index (χ3n) is 8.61. The number of hydrogen-bond donors (Lipinski definition) is 0. The third kappa shape index (κ3) is 41.4. The van der Waals surface area contributed by atoms with Gasteiger partial charge in [0.25, 0.3) is 25.0 Å². The normalized spacial score (nSPS) is 14.9. The summed E-state index contributed by atoms with van der Waals surface area (Å²) in [4.78, 5) is 53.4. The molecule has 1 fully saturated rings. The second-order valence-electron chi connectivity index (χ2n) is 15.3. The minimum Gasteiger partial charge on any atom is -0.428 e. The van der Waals surface area contributed by atoms with Crippen LogP contribution in [-0.4, -0.2) is 76.9 Å². The van der Waals surface area contributed by atoms with Crippen molar-refractivity contribution >= 4 is 24.3 Å². The van der Waals surface area contributed by atoms with Crippen molar-refractivity contribution in [3.8, 4) is 25.0 Å². The van der Waals surface area contributed by atoms with E-state index in [1.807, 2.05) is 6.92 Å². The Hall–Kier alpha value is -5.32. The lowest BCUT2D eigenvalue weighted by Crippen LogP contribution is -2.21. The van der Waals surface area contributed by atoms with Crippen molar-refractivity contribution < 1.29 is 38.1 Å². The summed E-state index contributed by atoms with van der Waals surface area (Å²) < 4.78 is 18.6. The van der Waals surface area contributed by atoms with Crippen LogP contribution >= 0.6 is 0 Å². The van der Waals surface area contributed by atoms with Gasteiger partial charge in [0.15, 0.2) is 0 Å². The molecule has 0 aliphatic heterocycles. The highest BCUT2D eigenvalue weighted by Gasteiger charge is 2.23. The summed E-state index contributed by atoms with van der Waals surface area (Å²) in [7, 11) is 0. The molecular formula is C40H62N8O8. The molecule has 0 aromatic carbocycles. The fourth-order valence-electron chi connectivity index (χ4n) is 6.20. The number of unbranched alkanes of at least 4 members (excludes halogenated alkanes) is 3. The predicted molar refractivity (Wildman–Crippen MR) is 206 cm³/mol. The van der Waals surface area contributed by atoms with Crippen molar-refractivity contribution in [1.29, 1.82) is 21.0 Å². The lowest BCUT2D eigenvalue weighted by molar-refractivity contribution is 0.124. The van der Waals surface area contributed by atoms with Gasteiger partial charge in [-0.05, 0) is 93.3 Å². The summed E-state index contributed by atoms with van der Waals surface area (Å²) in [5, 5.41) is 32.8. The topological polar surface area (TPSA) is 250 Å². The maximum Gasteiger partial charge on any atom is 0.286 e. The van der Waals surface area contributed by atoms with Crippen molar-refractivity contribution in [2.75, 3.05) is 52.6 Å². The summed E-state index contributed by atoms with van der Waals surface area (Å²) in [5.41, 5.74) is 0.0959. The maximum atomic E-state index is 9.94. The van der Waals surface area contributed by atoms with Crippen molar-refractivity contribution in [3.05, 3.63) is 0 Å². The maximum absolute atomic E-state index is 9.94. The van der Waals surface area contributed by atoms with Gasteiger partial charge in [-0.1, -0.05) is 54.4 Å². The van der Waals surface area contributed by atoms with Crippen LogP contribution in [-0.2, 0) is 38.1 Å². The Labute approximate surface area is 333 Å². The van der Waals surface area contributed by atoms with E-state index >= 15 is 0 Å². The summed E-state index contributed by atoms with van der Waals surface area (Å²) in [6.07, 6.45) is 24.6. The van der Waals surface area contributed by atoms with Gasteiger partial charge in [0, 0.05) is 5.41 Å². The number of aliphatic imine (C=N–C) groups is 4. The van der Waals surface area contributed by atoms with Gasteiger partial charge in [0.2, 0.25) is 24.3 Å². The smallest absolute Gasteiger partial charge is 0.286 e. The van der Waals surface area contributed by atoms with Crippen LogP contribution < -0.4 is 0 Å². The van der Waals surface area contributed by atoms with E-state index in [0.29, 0.717) is 76.3 Å². The zero-order chi connectivity index (χ0) is 42.8. The SMILES string of the molecule is CC(CCN=C=O)CC(C)(C)COC#N.CC(COC#N)CC(C)(C)CCN=C=O.N#COCC1CCCC(CN=C=O)C1.N#COCCCCCCN=C=O. The second kappa shape index (κ2) is 39.4. The van der Waals surface area contributed by atoms with E-state index in [1.54, 1.807) is 31.1 Å². The molecule has 1 aliphatic carbocycles. The van der Waals surface area contributed by atoms with Gasteiger partial charge in [0.05, 0.1) is 26.2 Å². The van der Waals surface area contributed by atoms with E-state index in [1.165, 1.54) is 18.2 Å². The molecule has 0 bridgehead atoms. The van der Waals surface area contributed by atoms with Gasteiger partial charge in [-0.3, -0.25) is 0 Å². The number of ether oxygens (including phenoxy) is 4. The molecule has 0 aromatic rings. The summed E-state index contributed by atoms with van der Waals surface area (Å²) in [6, 6.07) is 0. The Morgan fingerprint density at radius 3 is 1.79 bits per heavy atom. The first-order valence-electron chi connectivity index (χ1n) is 19.0. The van der Waals surface area contributed by atoms with Gasteiger partial charge >= 0.3 is 0 Å². The van der Waals surface area contributed by atoms with Crippen molar-refractivity contribution in [2.24, 2.45) is 54.5 Å². The number of hydrogen-bond acceptors (Lipinski definition) is 16. The molecule has 16 nitrogen and oxygen atoms in total. The van der Waals surface area contributed by atoms with Crippen LogP contribution in [0.15, 0.2) is 20.0 Å². The Balaban J connectivity index is -0.000000671. The summed E-state index contributed by atoms with van der Waals surface area (Å²) in [5.74, 6) is 1.71. The molecule has 0 N–H and O–H groups in total. The zero-order valence-corrected chi connectivity index (χ0v) is 34.3. The van der Waals surface area contributed by atoms with Crippen molar-refractivity contribution in [1.82, 2.24) is 0 Å². The molecule has 56 heavy (non-hydrogen) atoms. The second-order valence-corrected chi connectivity index (χ2v) is 15.3. The number of nitriles is 4. The van der Waals surface area contributed by atoms with Gasteiger partial charge in [0.1, 0.15) is 26.4 Å². The zero-order valence-electron chi connectivity index (χ0n) is 34.3. The quantitative estimate of drug-likeness (QED) is 0.0377. The van der Waals surface area contributed by atoms with Gasteiger partial charge in [-0.25, -0.2) is 39.1 Å². The average Bonchev–Trinajstić information content (AvgIpc) is 3.16. The largest absolute Gasteiger partial charge is 0.428 e.